The van der Waals surface area contributed by atoms with E-state index in [1.54, 1.807) is 30.3 Å². The Hall–Kier alpha value is -3.43. The molecule has 1 amide bonds. The Balaban J connectivity index is 1.28. The normalized spacial score (nSPS) is 19.7. The lowest BCUT2D eigenvalue weighted by atomic mass is 9.88. The molecule has 41 heavy (non-hydrogen) atoms. The molecular formula is C32H37FN4O3S. The average Bonchev–Trinajstić information content (AvgIpc) is 3.53. The van der Waals surface area contributed by atoms with Crippen molar-refractivity contribution in [3.8, 4) is 0 Å². The molecule has 0 radical (unpaired) electrons. The number of carbonyl (C=O) groups excluding carboxylic acids is 1. The van der Waals surface area contributed by atoms with E-state index in [0.29, 0.717) is 43.2 Å². The van der Waals surface area contributed by atoms with Crippen molar-refractivity contribution in [2.24, 2.45) is 5.92 Å². The highest BCUT2D eigenvalue weighted by molar-refractivity contribution is 7.89. The van der Waals surface area contributed by atoms with Gasteiger partial charge in [-0.2, -0.15) is 0 Å². The third-order valence-corrected chi connectivity index (χ3v) is 10.2. The first-order valence-corrected chi connectivity index (χ1v) is 16.2. The van der Waals surface area contributed by atoms with E-state index in [4.69, 9.17) is 0 Å². The summed E-state index contributed by atoms with van der Waals surface area (Å²) >= 11 is 0. The highest BCUT2D eigenvalue weighted by atomic mass is 32.2. The lowest BCUT2D eigenvalue weighted by Gasteiger charge is -2.38. The first-order chi connectivity index (χ1) is 19.9. The van der Waals surface area contributed by atoms with Crippen LogP contribution < -0.4 is 19.8 Å². The van der Waals surface area contributed by atoms with Crippen molar-refractivity contribution >= 4 is 33.0 Å². The van der Waals surface area contributed by atoms with Crippen molar-refractivity contribution < 1.29 is 17.6 Å². The van der Waals surface area contributed by atoms with E-state index < -0.39 is 10.0 Å². The van der Waals surface area contributed by atoms with Crippen LogP contribution in [-0.4, -0.2) is 40.5 Å². The Labute approximate surface area is 241 Å². The van der Waals surface area contributed by atoms with Gasteiger partial charge in [-0.1, -0.05) is 49.2 Å². The second-order valence-corrected chi connectivity index (χ2v) is 13.0. The van der Waals surface area contributed by atoms with Crippen molar-refractivity contribution in [2.45, 2.75) is 55.9 Å². The van der Waals surface area contributed by atoms with Gasteiger partial charge in [0.05, 0.1) is 11.4 Å². The summed E-state index contributed by atoms with van der Waals surface area (Å²) in [4.78, 5) is 17.1. The maximum atomic E-state index is 14.4. The average molecular weight is 577 g/mol. The van der Waals surface area contributed by atoms with E-state index in [1.807, 2.05) is 34.1 Å². The summed E-state index contributed by atoms with van der Waals surface area (Å²) in [6, 6.07) is 19.6. The van der Waals surface area contributed by atoms with Gasteiger partial charge < -0.3 is 15.1 Å². The Kier molecular flexibility index (Phi) is 7.99. The van der Waals surface area contributed by atoms with E-state index in [9.17, 15) is 17.6 Å². The largest absolute Gasteiger partial charge is 0.367 e. The first-order valence-electron chi connectivity index (χ1n) is 14.7. The molecule has 216 valence electrons. The molecule has 0 bridgehead atoms. The van der Waals surface area contributed by atoms with E-state index in [-0.39, 0.29) is 28.6 Å². The van der Waals surface area contributed by atoms with E-state index >= 15 is 0 Å². The van der Waals surface area contributed by atoms with E-state index in [1.165, 1.54) is 11.6 Å². The lowest BCUT2D eigenvalue weighted by molar-refractivity contribution is -0.119. The number of piperazine rings is 1. The fourth-order valence-corrected chi connectivity index (χ4v) is 8.03. The van der Waals surface area contributed by atoms with Crippen LogP contribution in [-0.2, 0) is 21.2 Å². The SMILES string of the molecule is O=C(Nc1ccc(N2CCN(c3ccccc3F)CC2)c(S(=O)(=O)N[C@@H]2CCCc3ccccc32)c1)C1CCCC1. The van der Waals surface area contributed by atoms with Crippen molar-refractivity contribution in [1.82, 2.24) is 4.72 Å². The minimum Gasteiger partial charge on any atom is -0.367 e. The molecule has 3 aliphatic rings. The second kappa shape index (κ2) is 11.8. The van der Waals surface area contributed by atoms with Crippen molar-refractivity contribution in [1.29, 1.82) is 0 Å². The second-order valence-electron chi connectivity index (χ2n) is 11.3. The third kappa shape index (κ3) is 5.97. The number of benzene rings is 3. The molecule has 3 aromatic carbocycles. The topological polar surface area (TPSA) is 81.8 Å². The number of anilines is 3. The molecule has 2 aliphatic carbocycles. The number of rotatable bonds is 7. The van der Waals surface area contributed by atoms with Gasteiger partial charge in [0.25, 0.3) is 0 Å². The van der Waals surface area contributed by atoms with Gasteiger partial charge in [0.15, 0.2) is 0 Å². The monoisotopic (exact) mass is 576 g/mol. The van der Waals surface area contributed by atoms with Crippen molar-refractivity contribution in [3.05, 3.63) is 83.7 Å². The summed E-state index contributed by atoms with van der Waals surface area (Å²) in [5.41, 5.74) is 3.83. The summed E-state index contributed by atoms with van der Waals surface area (Å²) in [5.74, 6) is -0.340. The van der Waals surface area contributed by atoms with Gasteiger partial charge in [0.2, 0.25) is 15.9 Å². The predicted molar refractivity (Wildman–Crippen MR) is 160 cm³/mol. The Bertz CT molecular complexity index is 1510. The molecule has 0 spiro atoms. The van der Waals surface area contributed by atoms with E-state index in [2.05, 4.69) is 16.1 Å². The van der Waals surface area contributed by atoms with Crippen LogP contribution in [0.1, 0.15) is 55.7 Å². The number of aryl methyl sites for hydroxylation is 1. The van der Waals surface area contributed by atoms with Gasteiger partial charge in [-0.15, -0.1) is 0 Å². The molecule has 1 saturated carbocycles. The summed E-state index contributed by atoms with van der Waals surface area (Å²) in [5, 5.41) is 2.98. The summed E-state index contributed by atoms with van der Waals surface area (Å²) < 4.78 is 45.6. The van der Waals surface area contributed by atoms with Crippen LogP contribution in [0, 0.1) is 11.7 Å². The minimum absolute atomic E-state index is 0.0296. The third-order valence-electron chi connectivity index (χ3n) is 8.72. The van der Waals surface area contributed by atoms with Crippen LogP contribution in [0.3, 0.4) is 0 Å². The predicted octanol–water partition coefficient (Wildman–Crippen LogP) is 5.64. The van der Waals surface area contributed by atoms with Gasteiger partial charge in [0.1, 0.15) is 10.7 Å². The zero-order valence-corrected chi connectivity index (χ0v) is 24.0. The van der Waals surface area contributed by atoms with Crippen LogP contribution in [0.2, 0.25) is 0 Å². The number of hydrogen-bond acceptors (Lipinski definition) is 5. The highest BCUT2D eigenvalue weighted by Crippen LogP contribution is 2.35. The van der Waals surface area contributed by atoms with Crippen LogP contribution in [0.5, 0.6) is 0 Å². The number of para-hydroxylation sites is 1. The molecule has 2 fully saturated rings. The fraction of sp³-hybridized carbons (Fsp3) is 0.406. The van der Waals surface area contributed by atoms with Crippen LogP contribution >= 0.6 is 0 Å². The summed E-state index contributed by atoms with van der Waals surface area (Å²) in [6.45, 7) is 2.20. The number of sulfonamides is 1. The number of halogens is 1. The Morgan fingerprint density at radius 3 is 2.24 bits per heavy atom. The quantitative estimate of drug-likeness (QED) is 0.381. The molecular weight excluding hydrogens is 539 g/mol. The van der Waals surface area contributed by atoms with Gasteiger partial charge >= 0.3 is 0 Å². The standard InChI is InChI=1S/C32H37FN4O3S/c33-27-13-5-6-15-29(27)36-18-20-37(21-19-36)30-17-16-25(34-32(38)24-9-1-2-10-24)22-31(30)41(39,40)35-28-14-7-11-23-8-3-4-12-26(23)28/h3-6,8,12-13,15-17,22,24,28,35H,1-2,7,9-11,14,18-21H2,(H,34,38)/t28-/m1/s1. The number of nitrogens with one attached hydrogen (secondary N) is 2. The number of amides is 1. The number of fused-ring (bicyclic) bond motifs is 1. The molecule has 7 nitrogen and oxygen atoms in total. The first kappa shape index (κ1) is 27.7. The van der Waals surface area contributed by atoms with Crippen LogP contribution in [0.25, 0.3) is 0 Å². The van der Waals surface area contributed by atoms with Crippen LogP contribution in [0.4, 0.5) is 21.5 Å². The summed E-state index contributed by atoms with van der Waals surface area (Å²) in [7, 11) is -3.95. The maximum absolute atomic E-state index is 14.4. The van der Waals surface area contributed by atoms with Gasteiger partial charge in [-0.25, -0.2) is 17.5 Å². The fourth-order valence-electron chi connectivity index (χ4n) is 6.52. The highest BCUT2D eigenvalue weighted by Gasteiger charge is 2.31. The maximum Gasteiger partial charge on any atom is 0.243 e. The molecule has 1 saturated heterocycles. The zero-order chi connectivity index (χ0) is 28.4. The summed E-state index contributed by atoms with van der Waals surface area (Å²) in [6.07, 6.45) is 6.39. The van der Waals surface area contributed by atoms with Gasteiger partial charge in [-0.05, 0) is 73.6 Å². The van der Waals surface area contributed by atoms with Crippen molar-refractivity contribution in [3.63, 3.8) is 0 Å². The Morgan fingerprint density at radius 1 is 0.805 bits per heavy atom. The molecule has 9 heteroatoms. The number of hydrogen-bond donors (Lipinski definition) is 2. The van der Waals surface area contributed by atoms with E-state index in [0.717, 1.165) is 50.5 Å². The van der Waals surface area contributed by atoms with Gasteiger partial charge in [0, 0.05) is 43.8 Å². The molecule has 3 aromatic rings. The molecule has 0 aromatic heterocycles. The smallest absolute Gasteiger partial charge is 0.243 e. The Morgan fingerprint density at radius 2 is 1.49 bits per heavy atom. The number of carbonyl (C=O) groups is 1. The molecule has 0 unspecified atom stereocenters. The molecule has 1 atom stereocenters. The molecule has 2 N–H and O–H groups in total. The molecule has 1 heterocycles. The zero-order valence-electron chi connectivity index (χ0n) is 23.2. The lowest BCUT2D eigenvalue weighted by Crippen LogP contribution is -2.47. The van der Waals surface area contributed by atoms with Gasteiger partial charge in [-0.3, -0.25) is 4.79 Å². The molecule has 1 aliphatic heterocycles. The minimum atomic E-state index is -3.95. The van der Waals surface area contributed by atoms with Crippen LogP contribution in [0.15, 0.2) is 71.6 Å². The number of nitrogens with zero attached hydrogens (tertiary/aromatic N) is 2. The van der Waals surface area contributed by atoms with Crippen molar-refractivity contribution in [2.75, 3.05) is 41.3 Å². The molecule has 6 rings (SSSR count).